The number of aryl methyl sites for hydroxylation is 2. The molecule has 0 atom stereocenters. The summed E-state index contributed by atoms with van der Waals surface area (Å²) in [6.45, 7) is 6.22. The van der Waals surface area contributed by atoms with E-state index in [-0.39, 0.29) is 64.6 Å². The first kappa shape index (κ1) is 32.7. The number of carbonyl (C=O) groups excluding carboxylic acids is 2. The van der Waals surface area contributed by atoms with Crippen LogP contribution in [0.15, 0.2) is 34.1 Å². The van der Waals surface area contributed by atoms with Gasteiger partial charge in [0.1, 0.15) is 9.79 Å². The third-order valence-electron chi connectivity index (χ3n) is 8.09. The number of carboxylic acid groups (broad SMARTS) is 2. The highest BCUT2D eigenvalue weighted by Crippen LogP contribution is 2.38. The number of hydrogen-bond acceptors (Lipinski definition) is 10. The first-order chi connectivity index (χ1) is 21.4. The maximum Gasteiger partial charge on any atom is 0.296 e. The van der Waals surface area contributed by atoms with Crippen LogP contribution in [0, 0.1) is 13.8 Å². The molecule has 14 nitrogen and oxygen atoms in total. The fraction of sp³-hybridized carbons (Fsp3) is 0.267. The Morgan fingerprint density at radius 2 is 1.00 bits per heavy atom. The fourth-order valence-corrected chi connectivity index (χ4v) is 7.57. The number of nitrogens with one attached hydrogen (secondary N) is 2. The smallest absolute Gasteiger partial charge is 0.296 e. The zero-order chi connectivity index (χ0) is 33.9. The summed E-state index contributed by atoms with van der Waals surface area (Å²) >= 11 is 0. The molecule has 0 amide bonds. The predicted octanol–water partition coefficient (Wildman–Crippen LogP) is 2.35. The van der Waals surface area contributed by atoms with Gasteiger partial charge in [-0.15, -0.1) is 0 Å². The van der Waals surface area contributed by atoms with Gasteiger partial charge in [0.05, 0.1) is 33.8 Å². The quantitative estimate of drug-likeness (QED) is 0.253. The standard InChI is InChI=1S/C30H30N4O10S2/c1-13-17(5-7-27(35)36)23-12-24-18(6-8-28(37)38)14(2)20(32-24)10-25-30(46(42,43)44)16(4)22(34-25)11-26-29(45(39,40)41)15(3)21(33-26)9-19(13)31-23/h9-12,33-34H,5-8H2,1-4H3,(H,35,36)(H,37,38)(H,39,40,41)(H,42,43,44)/p-2. The third-order valence-corrected chi connectivity index (χ3v) is 10.2. The number of allylic oxidation sites excluding steroid dienone is 4. The van der Waals surface area contributed by atoms with Gasteiger partial charge in [-0.2, -0.15) is 16.8 Å². The highest BCUT2D eigenvalue weighted by molar-refractivity contribution is 7.86. The molecule has 242 valence electrons. The van der Waals surface area contributed by atoms with Gasteiger partial charge in [-0.3, -0.25) is 9.11 Å². The van der Waals surface area contributed by atoms with Crippen molar-refractivity contribution in [1.82, 2.24) is 19.9 Å². The van der Waals surface area contributed by atoms with Crippen molar-refractivity contribution < 1.29 is 45.7 Å². The number of hydrogen-bond donors (Lipinski definition) is 4. The highest BCUT2D eigenvalue weighted by atomic mass is 32.2. The van der Waals surface area contributed by atoms with Crippen molar-refractivity contribution in [2.24, 2.45) is 0 Å². The molecule has 0 saturated carbocycles. The Labute approximate surface area is 263 Å². The van der Waals surface area contributed by atoms with Crippen LogP contribution in [-0.2, 0) is 29.8 Å². The summed E-state index contributed by atoms with van der Waals surface area (Å²) in [5, 5.41) is 22.8. The summed E-state index contributed by atoms with van der Waals surface area (Å²) < 4.78 is 70.5. The summed E-state index contributed by atoms with van der Waals surface area (Å²) in [4.78, 5) is 37.0. The van der Waals surface area contributed by atoms with Gasteiger partial charge >= 0.3 is 0 Å². The molecular formula is C30H28N4O10S2-2. The van der Waals surface area contributed by atoms with E-state index < -0.39 is 42.0 Å². The first-order valence-electron chi connectivity index (χ1n) is 13.9. The van der Waals surface area contributed by atoms with Crippen molar-refractivity contribution in [3.05, 3.63) is 58.2 Å². The van der Waals surface area contributed by atoms with Crippen molar-refractivity contribution in [3.8, 4) is 0 Å². The Morgan fingerprint density at radius 1 is 0.630 bits per heavy atom. The average molecular weight is 669 g/mol. The van der Waals surface area contributed by atoms with Crippen LogP contribution in [-0.4, -0.2) is 57.8 Å². The van der Waals surface area contributed by atoms with Gasteiger partial charge in [0.25, 0.3) is 20.2 Å². The Balaban J connectivity index is 2.01. The molecule has 46 heavy (non-hydrogen) atoms. The van der Waals surface area contributed by atoms with Crippen molar-refractivity contribution in [2.45, 2.75) is 63.2 Å². The van der Waals surface area contributed by atoms with Gasteiger partial charge in [0.2, 0.25) is 0 Å². The maximum absolute atomic E-state index is 12.6. The molecule has 0 aromatic carbocycles. The van der Waals surface area contributed by atoms with E-state index in [0.29, 0.717) is 39.4 Å². The van der Waals surface area contributed by atoms with Crippen molar-refractivity contribution in [1.29, 1.82) is 0 Å². The zero-order valence-electron chi connectivity index (χ0n) is 25.0. The van der Waals surface area contributed by atoms with Gasteiger partial charge in [0, 0.05) is 23.0 Å². The topological polar surface area (TPSA) is 246 Å². The summed E-state index contributed by atoms with van der Waals surface area (Å²) in [6, 6.07) is 5.72. The fourth-order valence-electron chi connectivity index (χ4n) is 5.80. The SMILES string of the molecule is CC1=C(CCC(=O)[O-])c2cc3nc(cc4[nH]c(cc5[nH]c(cc1n2)c(C)c5S(=O)(=O)O)c(C)c4S(=O)(=O)O)C(C)=C3CCC(=O)[O-]. The van der Waals surface area contributed by atoms with Crippen LogP contribution in [0.5, 0.6) is 0 Å². The molecule has 0 saturated heterocycles. The largest absolute Gasteiger partial charge is 0.550 e. The Bertz CT molecular complexity index is 2310. The molecule has 0 fully saturated rings. The summed E-state index contributed by atoms with van der Waals surface area (Å²) in [5.74, 6) is -2.60. The van der Waals surface area contributed by atoms with Gasteiger partial charge in [-0.25, -0.2) is 9.97 Å². The number of nitrogens with zero attached hydrogens (tertiary/aromatic N) is 2. The van der Waals surface area contributed by atoms with Crippen LogP contribution in [0.1, 0.15) is 73.4 Å². The molecule has 0 unspecified atom stereocenters. The second kappa shape index (κ2) is 11.6. The minimum Gasteiger partial charge on any atom is -0.550 e. The van der Waals surface area contributed by atoms with E-state index in [0.717, 1.165) is 0 Å². The summed E-state index contributed by atoms with van der Waals surface area (Å²) in [6.07, 6.45) is -0.658. The molecule has 16 heteroatoms. The predicted molar refractivity (Wildman–Crippen MR) is 164 cm³/mol. The van der Waals surface area contributed by atoms with Crippen LogP contribution >= 0.6 is 0 Å². The van der Waals surface area contributed by atoms with E-state index in [2.05, 4.69) is 15.0 Å². The zero-order valence-corrected chi connectivity index (χ0v) is 26.6. The normalized spacial score (nSPS) is 13.9. The molecule has 0 spiro atoms. The number of carbonyl (C=O) groups is 2. The second-order valence-electron chi connectivity index (χ2n) is 11.1. The Hall–Kier alpha value is -4.64. The van der Waals surface area contributed by atoms with Crippen LogP contribution in [0.2, 0.25) is 0 Å². The van der Waals surface area contributed by atoms with Gasteiger partial charge < -0.3 is 29.8 Å². The van der Waals surface area contributed by atoms with E-state index in [9.17, 15) is 45.7 Å². The lowest BCUT2D eigenvalue weighted by Gasteiger charge is -2.07. The minimum absolute atomic E-state index is 0.00436. The van der Waals surface area contributed by atoms with E-state index in [1.807, 2.05) is 0 Å². The molecule has 4 N–H and O–H groups in total. The number of aliphatic carboxylic acids is 2. The van der Waals surface area contributed by atoms with Crippen molar-refractivity contribution in [2.75, 3.05) is 0 Å². The molecule has 5 rings (SSSR count). The van der Waals surface area contributed by atoms with Gasteiger partial charge in [-0.05, 0) is 111 Å². The molecule has 2 aliphatic heterocycles. The van der Waals surface area contributed by atoms with Gasteiger partial charge in [-0.1, -0.05) is 0 Å². The minimum atomic E-state index is -4.84. The van der Waals surface area contributed by atoms with Gasteiger partial charge in [0.15, 0.2) is 0 Å². The van der Waals surface area contributed by atoms with E-state index in [1.54, 1.807) is 19.9 Å². The molecule has 0 radical (unpaired) electrons. The van der Waals surface area contributed by atoms with Crippen LogP contribution < -0.4 is 10.2 Å². The Kier molecular flexibility index (Phi) is 8.27. The highest BCUT2D eigenvalue weighted by Gasteiger charge is 2.25. The molecule has 5 heterocycles. The molecule has 3 aromatic heterocycles. The van der Waals surface area contributed by atoms with E-state index in [1.165, 1.54) is 32.0 Å². The first-order valence-corrected chi connectivity index (χ1v) is 16.8. The molecular weight excluding hydrogens is 640 g/mol. The molecule has 0 aliphatic carbocycles. The monoisotopic (exact) mass is 668 g/mol. The molecule has 2 aliphatic rings. The van der Waals surface area contributed by atoms with Crippen molar-refractivity contribution in [3.63, 3.8) is 0 Å². The van der Waals surface area contributed by atoms with Crippen molar-refractivity contribution >= 4 is 76.5 Å². The van der Waals surface area contributed by atoms with E-state index >= 15 is 0 Å². The lowest BCUT2D eigenvalue weighted by molar-refractivity contribution is -0.306. The molecule has 3 aromatic rings. The third kappa shape index (κ3) is 6.11. The number of aromatic nitrogens is 4. The molecule has 8 bridgehead atoms. The number of carboxylic acids is 2. The van der Waals surface area contributed by atoms with E-state index in [4.69, 9.17) is 4.98 Å². The average Bonchev–Trinajstić information content (AvgIpc) is 3.59. The number of H-pyrrole nitrogens is 2. The lowest BCUT2D eigenvalue weighted by atomic mass is 9.98. The van der Waals surface area contributed by atoms with Crippen LogP contribution in [0.3, 0.4) is 0 Å². The Morgan fingerprint density at radius 3 is 1.39 bits per heavy atom. The van der Waals surface area contributed by atoms with Crippen LogP contribution in [0.4, 0.5) is 0 Å². The number of fused-ring (bicyclic) bond motifs is 8. The maximum atomic E-state index is 12.6. The van der Waals surface area contributed by atoms with Crippen LogP contribution in [0.25, 0.3) is 44.4 Å². The summed E-state index contributed by atoms with van der Waals surface area (Å²) in [5.41, 5.74) is 3.59. The number of aromatic amines is 2. The lowest BCUT2D eigenvalue weighted by Crippen LogP contribution is -2.21. The second-order valence-corrected chi connectivity index (χ2v) is 13.8. The summed E-state index contributed by atoms with van der Waals surface area (Å²) in [7, 11) is -9.66. The number of rotatable bonds is 8.